The molecule has 3 rings (SSSR count). The van der Waals surface area contributed by atoms with Crippen LogP contribution in [0.25, 0.3) is 11.0 Å². The maximum absolute atomic E-state index is 13.6. The van der Waals surface area contributed by atoms with Crippen LogP contribution >= 0.6 is 0 Å². The molecule has 21 heavy (non-hydrogen) atoms. The molecule has 0 bridgehead atoms. The van der Waals surface area contributed by atoms with Crippen LogP contribution in [0, 0.1) is 17.5 Å². The van der Waals surface area contributed by atoms with Crippen molar-refractivity contribution >= 4 is 11.0 Å². The molecule has 108 valence electrons. The third-order valence-electron chi connectivity index (χ3n) is 3.30. The van der Waals surface area contributed by atoms with Crippen LogP contribution in [0.15, 0.2) is 46.9 Å². The number of hydrogen-bond donors (Lipinski definition) is 1. The molecule has 1 heterocycles. The quantitative estimate of drug-likeness (QED) is 0.787. The topological polar surface area (TPSA) is 33.4 Å². The highest BCUT2D eigenvalue weighted by molar-refractivity contribution is 5.78. The van der Waals surface area contributed by atoms with Gasteiger partial charge in [0.25, 0.3) is 0 Å². The smallest absolute Gasteiger partial charge is 0.170 e. The Bertz CT molecular complexity index is 775. The fourth-order valence-corrected chi connectivity index (χ4v) is 2.23. The number of halogens is 3. The molecule has 1 N–H and O–H groups in total. The van der Waals surface area contributed by atoms with E-state index in [9.17, 15) is 18.3 Å². The zero-order valence-electron chi connectivity index (χ0n) is 10.8. The molecule has 5 heteroatoms. The van der Waals surface area contributed by atoms with Crippen LogP contribution in [0.4, 0.5) is 13.2 Å². The Morgan fingerprint density at radius 1 is 0.952 bits per heavy atom. The molecule has 0 fully saturated rings. The van der Waals surface area contributed by atoms with Crippen molar-refractivity contribution in [3.8, 4) is 0 Å². The summed E-state index contributed by atoms with van der Waals surface area (Å²) in [7, 11) is 0. The molecule has 2 nitrogen and oxygen atoms in total. The van der Waals surface area contributed by atoms with Crippen molar-refractivity contribution in [1.82, 2.24) is 0 Å². The highest BCUT2D eigenvalue weighted by Crippen LogP contribution is 2.28. The molecule has 0 aliphatic rings. The van der Waals surface area contributed by atoms with Crippen molar-refractivity contribution in [2.45, 2.75) is 12.5 Å². The van der Waals surface area contributed by atoms with Gasteiger partial charge in [0.05, 0.1) is 0 Å². The number of aliphatic hydroxyl groups excluding tert-OH is 1. The second-order valence-corrected chi connectivity index (χ2v) is 4.73. The summed E-state index contributed by atoms with van der Waals surface area (Å²) in [6.07, 6.45) is -1.55. The Morgan fingerprint density at radius 2 is 1.57 bits per heavy atom. The minimum absolute atomic E-state index is 0.0144. The Balaban J connectivity index is 1.94. The SMILES string of the molecule is OC(Cc1c(F)cccc1F)c1cc2cccc(F)c2o1. The van der Waals surface area contributed by atoms with Gasteiger partial charge in [-0.1, -0.05) is 18.2 Å². The highest BCUT2D eigenvalue weighted by Gasteiger charge is 2.19. The van der Waals surface area contributed by atoms with Gasteiger partial charge in [0.2, 0.25) is 0 Å². The zero-order chi connectivity index (χ0) is 15.0. The van der Waals surface area contributed by atoms with Gasteiger partial charge in [-0.2, -0.15) is 0 Å². The summed E-state index contributed by atoms with van der Waals surface area (Å²) in [5.74, 6) is -1.96. The van der Waals surface area contributed by atoms with Gasteiger partial charge in [-0.15, -0.1) is 0 Å². The van der Waals surface area contributed by atoms with Gasteiger partial charge in [-0.25, -0.2) is 13.2 Å². The van der Waals surface area contributed by atoms with Crippen LogP contribution in [0.1, 0.15) is 17.4 Å². The van der Waals surface area contributed by atoms with E-state index >= 15 is 0 Å². The Kier molecular flexibility index (Phi) is 3.43. The summed E-state index contributed by atoms with van der Waals surface area (Å²) >= 11 is 0. The minimum atomic E-state index is -1.26. The van der Waals surface area contributed by atoms with E-state index in [1.165, 1.54) is 24.3 Å². The molecule has 0 saturated carbocycles. The van der Waals surface area contributed by atoms with Gasteiger partial charge in [-0.3, -0.25) is 0 Å². The molecule has 0 aliphatic carbocycles. The lowest BCUT2D eigenvalue weighted by Crippen LogP contribution is -2.04. The van der Waals surface area contributed by atoms with Crippen LogP contribution in [0.2, 0.25) is 0 Å². The van der Waals surface area contributed by atoms with Crippen molar-refractivity contribution in [3.05, 3.63) is 71.2 Å². The lowest BCUT2D eigenvalue weighted by Gasteiger charge is -2.09. The molecular formula is C16H11F3O2. The molecular weight excluding hydrogens is 281 g/mol. The monoisotopic (exact) mass is 292 g/mol. The van der Waals surface area contributed by atoms with E-state index in [1.807, 2.05) is 0 Å². The molecule has 3 aromatic rings. The largest absolute Gasteiger partial charge is 0.455 e. The van der Waals surface area contributed by atoms with E-state index in [2.05, 4.69) is 0 Å². The fraction of sp³-hybridized carbons (Fsp3) is 0.125. The van der Waals surface area contributed by atoms with E-state index in [-0.39, 0.29) is 23.3 Å². The van der Waals surface area contributed by atoms with Crippen LogP contribution in [0.3, 0.4) is 0 Å². The molecule has 1 aromatic heterocycles. The normalized spacial score (nSPS) is 12.8. The number of aliphatic hydroxyl groups is 1. The van der Waals surface area contributed by atoms with Gasteiger partial charge in [-0.05, 0) is 24.3 Å². The van der Waals surface area contributed by atoms with E-state index in [0.717, 1.165) is 12.1 Å². The molecule has 0 aliphatic heterocycles. The molecule has 0 saturated heterocycles. The third kappa shape index (κ3) is 2.52. The summed E-state index contributed by atoms with van der Waals surface area (Å²) in [5.41, 5.74) is -0.216. The lowest BCUT2D eigenvalue weighted by molar-refractivity contribution is 0.150. The van der Waals surface area contributed by atoms with Crippen LogP contribution in [-0.2, 0) is 6.42 Å². The number of benzene rings is 2. The van der Waals surface area contributed by atoms with E-state index < -0.39 is 23.6 Å². The van der Waals surface area contributed by atoms with Crippen LogP contribution < -0.4 is 0 Å². The number of rotatable bonds is 3. The summed E-state index contributed by atoms with van der Waals surface area (Å²) in [6.45, 7) is 0. The summed E-state index contributed by atoms with van der Waals surface area (Å²) < 4.78 is 45.9. The molecule has 1 unspecified atom stereocenters. The highest BCUT2D eigenvalue weighted by atomic mass is 19.1. The van der Waals surface area contributed by atoms with Gasteiger partial charge in [0.15, 0.2) is 11.4 Å². The van der Waals surface area contributed by atoms with Crippen molar-refractivity contribution in [3.63, 3.8) is 0 Å². The minimum Gasteiger partial charge on any atom is -0.455 e. The third-order valence-corrected chi connectivity index (χ3v) is 3.30. The number of para-hydroxylation sites is 1. The summed E-state index contributed by atoms with van der Waals surface area (Å²) in [5, 5.41) is 10.5. The first kappa shape index (κ1) is 13.7. The fourth-order valence-electron chi connectivity index (χ4n) is 2.23. The maximum Gasteiger partial charge on any atom is 0.170 e. The Morgan fingerprint density at radius 3 is 2.24 bits per heavy atom. The second kappa shape index (κ2) is 5.26. The van der Waals surface area contributed by atoms with Gasteiger partial charge < -0.3 is 9.52 Å². The van der Waals surface area contributed by atoms with Crippen molar-refractivity contribution in [2.24, 2.45) is 0 Å². The lowest BCUT2D eigenvalue weighted by atomic mass is 10.0. The van der Waals surface area contributed by atoms with Crippen molar-refractivity contribution in [2.75, 3.05) is 0 Å². The van der Waals surface area contributed by atoms with Gasteiger partial charge in [0, 0.05) is 17.4 Å². The molecule has 0 spiro atoms. The first-order valence-electron chi connectivity index (χ1n) is 6.35. The van der Waals surface area contributed by atoms with E-state index in [0.29, 0.717) is 5.39 Å². The van der Waals surface area contributed by atoms with Crippen molar-refractivity contribution < 1.29 is 22.7 Å². The number of fused-ring (bicyclic) bond motifs is 1. The first-order chi connectivity index (χ1) is 10.1. The average molecular weight is 292 g/mol. The Hall–Kier alpha value is -2.27. The van der Waals surface area contributed by atoms with E-state index in [4.69, 9.17) is 4.42 Å². The predicted molar refractivity (Wildman–Crippen MR) is 71.2 cm³/mol. The second-order valence-electron chi connectivity index (χ2n) is 4.73. The maximum atomic E-state index is 13.6. The van der Waals surface area contributed by atoms with Crippen molar-refractivity contribution in [1.29, 1.82) is 0 Å². The number of furan rings is 1. The molecule has 1 atom stereocenters. The predicted octanol–water partition coefficient (Wildman–Crippen LogP) is 4.13. The van der Waals surface area contributed by atoms with Gasteiger partial charge >= 0.3 is 0 Å². The molecule has 0 radical (unpaired) electrons. The number of hydrogen-bond acceptors (Lipinski definition) is 2. The van der Waals surface area contributed by atoms with E-state index in [1.54, 1.807) is 6.07 Å². The standard InChI is InChI=1S/C16H11F3O2/c17-11-4-2-5-12(18)10(11)8-14(20)15-7-9-3-1-6-13(19)16(9)21-15/h1-7,14,20H,8H2. The van der Waals surface area contributed by atoms with Crippen LogP contribution in [-0.4, -0.2) is 5.11 Å². The average Bonchev–Trinajstić information content (AvgIpc) is 2.88. The Labute approximate surface area is 118 Å². The summed E-state index contributed by atoms with van der Waals surface area (Å²) in [4.78, 5) is 0. The van der Waals surface area contributed by atoms with Crippen LogP contribution in [0.5, 0.6) is 0 Å². The molecule has 0 amide bonds. The zero-order valence-corrected chi connectivity index (χ0v) is 10.8. The summed E-state index contributed by atoms with van der Waals surface area (Å²) in [6, 6.07) is 9.31. The first-order valence-corrected chi connectivity index (χ1v) is 6.35. The van der Waals surface area contributed by atoms with Gasteiger partial charge in [0.1, 0.15) is 23.5 Å². The molecule has 2 aromatic carbocycles.